The van der Waals surface area contributed by atoms with Gasteiger partial charge in [-0.3, -0.25) is 4.72 Å². The minimum Gasteiger partial charge on any atom is -0.384 e. The molecule has 0 fully saturated rings. The minimum atomic E-state index is -3.46. The van der Waals surface area contributed by atoms with Crippen molar-refractivity contribution in [2.24, 2.45) is 0 Å². The van der Waals surface area contributed by atoms with E-state index in [4.69, 9.17) is 5.11 Å². The van der Waals surface area contributed by atoms with Crippen LogP contribution in [0.4, 0.5) is 5.69 Å². The summed E-state index contributed by atoms with van der Waals surface area (Å²) in [5.41, 5.74) is 1.99. The van der Waals surface area contributed by atoms with Gasteiger partial charge in [-0.25, -0.2) is 8.42 Å². The summed E-state index contributed by atoms with van der Waals surface area (Å²) in [6, 6.07) is 5.25. The van der Waals surface area contributed by atoms with Crippen LogP contribution in [-0.4, -0.2) is 24.9 Å². The quantitative estimate of drug-likeness (QED) is 0.813. The van der Waals surface area contributed by atoms with Crippen LogP contribution < -0.4 is 4.72 Å². The van der Waals surface area contributed by atoms with Gasteiger partial charge in [-0.15, -0.1) is 0 Å². The number of sulfonamides is 1. The lowest BCUT2D eigenvalue weighted by Gasteiger charge is -2.21. The lowest BCUT2D eigenvalue weighted by Crippen LogP contribution is -2.33. The lowest BCUT2D eigenvalue weighted by molar-refractivity contribution is 0.350. The maximum Gasteiger partial charge on any atom is 0.237 e. The van der Waals surface area contributed by atoms with Crippen molar-refractivity contribution in [3.8, 4) is 11.8 Å². The van der Waals surface area contributed by atoms with Crippen LogP contribution in [0.3, 0.4) is 0 Å². The first-order chi connectivity index (χ1) is 8.67. The lowest BCUT2D eigenvalue weighted by atomic mass is 10.1. The first kappa shape index (κ1) is 15.5. The zero-order valence-electron chi connectivity index (χ0n) is 11.6. The van der Waals surface area contributed by atoms with Gasteiger partial charge in [-0.05, 0) is 45.4 Å². The summed E-state index contributed by atoms with van der Waals surface area (Å²) >= 11 is 0. The van der Waals surface area contributed by atoms with E-state index in [0.29, 0.717) is 11.3 Å². The summed E-state index contributed by atoms with van der Waals surface area (Å²) in [6.07, 6.45) is 0. The molecule has 2 N–H and O–H groups in total. The van der Waals surface area contributed by atoms with Crippen LogP contribution >= 0.6 is 0 Å². The highest BCUT2D eigenvalue weighted by Crippen LogP contribution is 2.23. The zero-order chi connectivity index (χ0) is 14.7. The Bertz CT molecular complexity index is 616. The second-order valence-corrected chi connectivity index (χ2v) is 7.64. The van der Waals surface area contributed by atoms with Crippen molar-refractivity contribution < 1.29 is 13.5 Å². The van der Waals surface area contributed by atoms with Crippen molar-refractivity contribution in [2.75, 3.05) is 11.3 Å². The average Bonchev–Trinajstić information content (AvgIpc) is 2.28. The molecular formula is C14H19NO3S. The summed E-state index contributed by atoms with van der Waals surface area (Å²) < 4.78 is 25.9. The number of hydrogen-bond donors (Lipinski definition) is 2. The Morgan fingerprint density at radius 2 is 1.95 bits per heavy atom. The van der Waals surface area contributed by atoms with Crippen molar-refractivity contribution in [3.05, 3.63) is 29.3 Å². The summed E-state index contributed by atoms with van der Waals surface area (Å²) in [5.74, 6) is 5.28. The van der Waals surface area contributed by atoms with E-state index >= 15 is 0 Å². The van der Waals surface area contributed by atoms with E-state index in [9.17, 15) is 8.42 Å². The van der Waals surface area contributed by atoms with E-state index in [-0.39, 0.29) is 6.61 Å². The number of rotatable bonds is 2. The molecule has 1 aromatic carbocycles. The van der Waals surface area contributed by atoms with Crippen molar-refractivity contribution in [1.29, 1.82) is 0 Å². The molecule has 0 heterocycles. The van der Waals surface area contributed by atoms with Crippen molar-refractivity contribution in [3.63, 3.8) is 0 Å². The molecule has 0 saturated carbocycles. The SMILES string of the molecule is Cc1ccc(C#CCO)cc1NS(=O)(=O)C(C)(C)C. The van der Waals surface area contributed by atoms with Crippen molar-refractivity contribution in [2.45, 2.75) is 32.4 Å². The number of benzene rings is 1. The molecule has 19 heavy (non-hydrogen) atoms. The molecule has 1 rings (SSSR count). The van der Waals surface area contributed by atoms with Gasteiger partial charge in [0.1, 0.15) is 6.61 Å². The predicted octanol–water partition coefficient (Wildman–Crippen LogP) is 1.88. The van der Waals surface area contributed by atoms with Crippen molar-refractivity contribution in [1.82, 2.24) is 0 Å². The largest absolute Gasteiger partial charge is 0.384 e. The molecule has 0 amide bonds. The maximum atomic E-state index is 12.1. The summed E-state index contributed by atoms with van der Waals surface area (Å²) in [7, 11) is -3.46. The first-order valence-corrected chi connectivity index (χ1v) is 7.38. The molecular weight excluding hydrogens is 262 g/mol. The summed E-state index contributed by atoms with van der Waals surface area (Å²) in [4.78, 5) is 0. The van der Waals surface area contributed by atoms with Crippen LogP contribution in [0.15, 0.2) is 18.2 Å². The Morgan fingerprint density at radius 3 is 2.47 bits per heavy atom. The van der Waals surface area contributed by atoms with Gasteiger partial charge in [0, 0.05) is 5.56 Å². The van der Waals surface area contributed by atoms with Gasteiger partial charge in [0.2, 0.25) is 10.0 Å². The maximum absolute atomic E-state index is 12.1. The van der Waals surface area contributed by atoms with Gasteiger partial charge in [0.15, 0.2) is 0 Å². The molecule has 104 valence electrons. The normalized spacial score (nSPS) is 11.6. The van der Waals surface area contributed by atoms with Crippen molar-refractivity contribution >= 4 is 15.7 Å². The fourth-order valence-corrected chi connectivity index (χ4v) is 2.06. The molecule has 0 aliphatic carbocycles. The van der Waals surface area contributed by atoms with E-state index in [0.717, 1.165) is 5.56 Å². The van der Waals surface area contributed by atoms with Gasteiger partial charge in [-0.2, -0.15) is 0 Å². The number of aryl methyl sites for hydroxylation is 1. The molecule has 0 saturated heterocycles. The molecule has 0 unspecified atom stereocenters. The van der Waals surface area contributed by atoms with E-state index in [2.05, 4.69) is 16.6 Å². The molecule has 0 radical (unpaired) electrons. The number of hydrogen-bond acceptors (Lipinski definition) is 3. The summed E-state index contributed by atoms with van der Waals surface area (Å²) in [6.45, 7) is 6.51. The monoisotopic (exact) mass is 281 g/mol. The Morgan fingerprint density at radius 1 is 1.32 bits per heavy atom. The Balaban J connectivity index is 3.15. The van der Waals surface area contributed by atoms with E-state index < -0.39 is 14.8 Å². The molecule has 0 aromatic heterocycles. The number of anilines is 1. The second-order valence-electron chi connectivity index (χ2n) is 5.21. The zero-order valence-corrected chi connectivity index (χ0v) is 12.4. The van der Waals surface area contributed by atoms with Crippen LogP contribution in [0.5, 0.6) is 0 Å². The van der Waals surface area contributed by atoms with Gasteiger partial charge >= 0.3 is 0 Å². The third-order valence-electron chi connectivity index (χ3n) is 2.60. The highest BCUT2D eigenvalue weighted by atomic mass is 32.2. The van der Waals surface area contributed by atoms with Crippen LogP contribution in [0.1, 0.15) is 31.9 Å². The molecule has 0 atom stereocenters. The van der Waals surface area contributed by atoms with E-state index in [1.165, 1.54) is 0 Å². The predicted molar refractivity (Wildman–Crippen MR) is 77.4 cm³/mol. The molecule has 0 aliphatic rings. The van der Waals surface area contributed by atoms with Gasteiger partial charge in [0.25, 0.3) is 0 Å². The fourth-order valence-electron chi connectivity index (χ4n) is 1.25. The molecule has 5 heteroatoms. The number of aliphatic hydroxyl groups is 1. The third-order valence-corrected chi connectivity index (χ3v) is 4.70. The standard InChI is InChI=1S/C14H19NO3S/c1-11-7-8-12(6-5-9-16)10-13(11)15-19(17,18)14(2,3)4/h7-8,10,15-16H,9H2,1-4H3. The first-order valence-electron chi connectivity index (χ1n) is 5.90. The smallest absolute Gasteiger partial charge is 0.237 e. The van der Waals surface area contributed by atoms with Gasteiger partial charge in [-0.1, -0.05) is 17.9 Å². The molecule has 0 bridgehead atoms. The Kier molecular flexibility index (Phi) is 4.61. The highest BCUT2D eigenvalue weighted by Gasteiger charge is 2.29. The van der Waals surface area contributed by atoms with Gasteiger partial charge < -0.3 is 5.11 Å². The number of aliphatic hydroxyl groups excluding tert-OH is 1. The topological polar surface area (TPSA) is 66.4 Å². The molecule has 0 spiro atoms. The minimum absolute atomic E-state index is 0.225. The van der Waals surface area contributed by atoms with Crippen LogP contribution in [-0.2, 0) is 10.0 Å². The van der Waals surface area contributed by atoms with Gasteiger partial charge in [0.05, 0.1) is 10.4 Å². The summed E-state index contributed by atoms with van der Waals surface area (Å²) in [5, 5.41) is 8.66. The molecule has 4 nitrogen and oxygen atoms in total. The third kappa shape index (κ3) is 3.98. The average molecular weight is 281 g/mol. The second kappa shape index (κ2) is 5.64. The number of nitrogens with one attached hydrogen (secondary N) is 1. The van der Waals surface area contributed by atoms with E-state index in [1.807, 2.05) is 6.92 Å². The van der Waals surface area contributed by atoms with Crippen LogP contribution in [0.2, 0.25) is 0 Å². The Labute approximate surface area is 114 Å². The van der Waals surface area contributed by atoms with Crippen LogP contribution in [0.25, 0.3) is 0 Å². The van der Waals surface area contributed by atoms with E-state index in [1.54, 1.807) is 39.0 Å². The fraction of sp³-hybridized carbons (Fsp3) is 0.429. The highest BCUT2D eigenvalue weighted by molar-refractivity contribution is 7.94. The van der Waals surface area contributed by atoms with Crippen LogP contribution in [0, 0.1) is 18.8 Å². The molecule has 1 aromatic rings. The Hall–Kier alpha value is -1.51. The molecule has 0 aliphatic heterocycles.